The van der Waals surface area contributed by atoms with Gasteiger partial charge in [-0.25, -0.2) is 0 Å². The molecule has 0 bridgehead atoms. The predicted molar refractivity (Wildman–Crippen MR) is 88.5 cm³/mol. The lowest BCUT2D eigenvalue weighted by Gasteiger charge is -2.07. The number of ether oxygens (including phenoxy) is 2. The van der Waals surface area contributed by atoms with Gasteiger partial charge in [-0.3, -0.25) is 4.79 Å². The van der Waals surface area contributed by atoms with Crippen molar-refractivity contribution in [3.05, 3.63) is 59.8 Å². The Labute approximate surface area is 135 Å². The number of para-hydroxylation sites is 1. The Hall–Kier alpha value is -2.95. The van der Waals surface area contributed by atoms with Gasteiger partial charge in [0, 0.05) is 11.8 Å². The zero-order valence-corrected chi connectivity index (χ0v) is 13.1. The van der Waals surface area contributed by atoms with Crippen LogP contribution in [0.5, 0.6) is 17.2 Å². The van der Waals surface area contributed by atoms with Gasteiger partial charge in [-0.2, -0.15) is 0 Å². The van der Waals surface area contributed by atoms with Crippen LogP contribution in [0, 0.1) is 0 Å². The molecular formula is C18H19NO4. The van der Waals surface area contributed by atoms with E-state index in [0.717, 1.165) is 5.56 Å². The monoisotopic (exact) mass is 313 g/mol. The van der Waals surface area contributed by atoms with Crippen LogP contribution in [-0.2, 0) is 11.2 Å². The number of aromatic hydroxyl groups is 1. The van der Waals surface area contributed by atoms with Crippen molar-refractivity contribution in [3.63, 3.8) is 0 Å². The smallest absolute Gasteiger partial charge is 0.228 e. The molecule has 0 saturated carbocycles. The lowest BCUT2D eigenvalue weighted by molar-refractivity contribution is -0.119. The van der Waals surface area contributed by atoms with Gasteiger partial charge in [0.05, 0.1) is 20.6 Å². The number of rotatable bonds is 6. The molecule has 0 unspecified atom stereocenters. The number of hydrogen-bond donors (Lipinski definition) is 2. The second-order valence-electron chi connectivity index (χ2n) is 4.82. The van der Waals surface area contributed by atoms with E-state index in [1.165, 1.54) is 0 Å². The van der Waals surface area contributed by atoms with Gasteiger partial charge in [-0.1, -0.05) is 24.3 Å². The molecule has 2 aromatic rings. The van der Waals surface area contributed by atoms with E-state index >= 15 is 0 Å². The van der Waals surface area contributed by atoms with Crippen LogP contribution in [0.15, 0.2) is 48.7 Å². The van der Waals surface area contributed by atoms with Crippen molar-refractivity contribution < 1.29 is 19.4 Å². The summed E-state index contributed by atoms with van der Waals surface area (Å²) in [6.07, 6.45) is 3.43. The normalized spacial score (nSPS) is 10.5. The summed E-state index contributed by atoms with van der Waals surface area (Å²) in [5.74, 6) is 1.18. The molecular weight excluding hydrogens is 294 g/mol. The maximum absolute atomic E-state index is 11.9. The predicted octanol–water partition coefficient (Wildman–Crippen LogP) is 2.74. The van der Waals surface area contributed by atoms with E-state index in [-0.39, 0.29) is 18.1 Å². The topological polar surface area (TPSA) is 67.8 Å². The minimum absolute atomic E-state index is 0.114. The second kappa shape index (κ2) is 7.89. The van der Waals surface area contributed by atoms with Crippen molar-refractivity contribution in [2.24, 2.45) is 0 Å². The average molecular weight is 313 g/mol. The molecule has 0 spiro atoms. The third kappa shape index (κ3) is 4.51. The Balaban J connectivity index is 1.96. The molecule has 2 N–H and O–H groups in total. The molecule has 0 aromatic heterocycles. The second-order valence-corrected chi connectivity index (χ2v) is 4.82. The standard InChI is InChI=1S/C18H19NO4/c1-22-16-8-7-13(11-17(16)23-2)9-10-19-18(21)12-14-5-3-4-6-15(14)20/h3-11,20H,12H2,1-2H3,(H,19,21). The Bertz CT molecular complexity index is 710. The highest BCUT2D eigenvalue weighted by molar-refractivity contribution is 5.80. The SMILES string of the molecule is COc1ccc(C=CNC(=O)Cc2ccccc2O)cc1OC. The summed E-state index contributed by atoms with van der Waals surface area (Å²) < 4.78 is 10.4. The fourth-order valence-corrected chi connectivity index (χ4v) is 2.07. The maximum Gasteiger partial charge on any atom is 0.228 e. The molecule has 23 heavy (non-hydrogen) atoms. The first kappa shape index (κ1) is 16.4. The molecule has 2 rings (SSSR count). The number of carbonyl (C=O) groups excluding carboxylic acids is 1. The largest absolute Gasteiger partial charge is 0.508 e. The first-order valence-corrected chi connectivity index (χ1v) is 7.09. The van der Waals surface area contributed by atoms with Crippen molar-refractivity contribution in [1.29, 1.82) is 0 Å². The molecule has 0 aliphatic heterocycles. The van der Waals surface area contributed by atoms with Crippen LogP contribution in [-0.4, -0.2) is 25.2 Å². The van der Waals surface area contributed by atoms with E-state index in [2.05, 4.69) is 5.32 Å². The van der Waals surface area contributed by atoms with Gasteiger partial charge in [0.2, 0.25) is 5.91 Å². The number of benzene rings is 2. The first-order valence-electron chi connectivity index (χ1n) is 7.09. The number of amides is 1. The molecule has 120 valence electrons. The van der Waals surface area contributed by atoms with Crippen LogP contribution in [0.4, 0.5) is 0 Å². The highest BCUT2D eigenvalue weighted by atomic mass is 16.5. The van der Waals surface area contributed by atoms with E-state index in [4.69, 9.17) is 9.47 Å². The zero-order valence-electron chi connectivity index (χ0n) is 13.1. The van der Waals surface area contributed by atoms with Gasteiger partial charge in [0.25, 0.3) is 0 Å². The summed E-state index contributed by atoms with van der Waals surface area (Å²) in [5, 5.41) is 12.3. The van der Waals surface area contributed by atoms with Crippen LogP contribution >= 0.6 is 0 Å². The first-order chi connectivity index (χ1) is 11.1. The molecule has 5 nitrogen and oxygen atoms in total. The quantitative estimate of drug-likeness (QED) is 0.860. The number of phenols is 1. The van der Waals surface area contributed by atoms with Gasteiger partial charge in [0.15, 0.2) is 11.5 Å². The van der Waals surface area contributed by atoms with Crippen molar-refractivity contribution >= 4 is 12.0 Å². The van der Waals surface area contributed by atoms with Gasteiger partial charge in [-0.05, 0) is 29.8 Å². The average Bonchev–Trinajstić information content (AvgIpc) is 2.56. The molecule has 0 heterocycles. The third-order valence-electron chi connectivity index (χ3n) is 3.27. The summed E-state index contributed by atoms with van der Waals surface area (Å²) in [7, 11) is 3.14. The lowest BCUT2D eigenvalue weighted by atomic mass is 10.1. The summed E-state index contributed by atoms with van der Waals surface area (Å²) in [6, 6.07) is 12.2. The zero-order chi connectivity index (χ0) is 16.7. The highest BCUT2D eigenvalue weighted by Gasteiger charge is 2.06. The highest BCUT2D eigenvalue weighted by Crippen LogP contribution is 2.27. The Morgan fingerprint density at radius 1 is 1.13 bits per heavy atom. The fourth-order valence-electron chi connectivity index (χ4n) is 2.07. The van der Waals surface area contributed by atoms with Gasteiger partial charge in [0.1, 0.15) is 5.75 Å². The number of carbonyl (C=O) groups is 1. The summed E-state index contributed by atoms with van der Waals surface area (Å²) in [4.78, 5) is 11.9. The summed E-state index contributed by atoms with van der Waals surface area (Å²) in [5.41, 5.74) is 1.45. The molecule has 2 aromatic carbocycles. The number of nitrogens with one attached hydrogen (secondary N) is 1. The minimum atomic E-state index is -0.205. The van der Waals surface area contributed by atoms with Crippen LogP contribution in [0.3, 0.4) is 0 Å². The molecule has 0 radical (unpaired) electrons. The molecule has 0 atom stereocenters. The van der Waals surface area contributed by atoms with Crippen molar-refractivity contribution in [1.82, 2.24) is 5.32 Å². The molecule has 0 fully saturated rings. The minimum Gasteiger partial charge on any atom is -0.508 e. The Morgan fingerprint density at radius 2 is 1.87 bits per heavy atom. The Morgan fingerprint density at radius 3 is 2.57 bits per heavy atom. The number of phenolic OH excluding ortho intramolecular Hbond substituents is 1. The van der Waals surface area contributed by atoms with Crippen LogP contribution in [0.2, 0.25) is 0 Å². The lowest BCUT2D eigenvalue weighted by Crippen LogP contribution is -2.19. The van der Waals surface area contributed by atoms with Gasteiger partial charge < -0.3 is 19.9 Å². The fraction of sp³-hybridized carbons (Fsp3) is 0.167. The van der Waals surface area contributed by atoms with E-state index in [9.17, 15) is 9.90 Å². The maximum atomic E-state index is 11.9. The van der Waals surface area contributed by atoms with Crippen LogP contribution in [0.25, 0.3) is 6.08 Å². The van der Waals surface area contributed by atoms with Gasteiger partial charge >= 0.3 is 0 Å². The van der Waals surface area contributed by atoms with E-state index in [1.807, 2.05) is 12.1 Å². The molecule has 0 saturated heterocycles. The van der Waals surface area contributed by atoms with Crippen molar-refractivity contribution in [3.8, 4) is 17.2 Å². The van der Waals surface area contributed by atoms with Crippen LogP contribution < -0.4 is 14.8 Å². The molecule has 0 aliphatic rings. The van der Waals surface area contributed by atoms with E-state index in [1.54, 1.807) is 56.8 Å². The van der Waals surface area contributed by atoms with Crippen molar-refractivity contribution in [2.45, 2.75) is 6.42 Å². The van der Waals surface area contributed by atoms with E-state index in [0.29, 0.717) is 17.1 Å². The summed E-state index contributed by atoms with van der Waals surface area (Å²) in [6.45, 7) is 0. The number of hydrogen-bond acceptors (Lipinski definition) is 4. The van der Waals surface area contributed by atoms with Crippen molar-refractivity contribution in [2.75, 3.05) is 14.2 Å². The molecule has 0 aliphatic carbocycles. The summed E-state index contributed by atoms with van der Waals surface area (Å²) >= 11 is 0. The molecule has 5 heteroatoms. The third-order valence-corrected chi connectivity index (χ3v) is 3.27. The molecule has 1 amide bonds. The number of methoxy groups -OCH3 is 2. The van der Waals surface area contributed by atoms with Crippen LogP contribution in [0.1, 0.15) is 11.1 Å². The Kier molecular flexibility index (Phi) is 5.63. The van der Waals surface area contributed by atoms with E-state index < -0.39 is 0 Å². The van der Waals surface area contributed by atoms with Gasteiger partial charge in [-0.15, -0.1) is 0 Å².